The second kappa shape index (κ2) is 5.09. The number of rotatable bonds is 4. The molecule has 2 aromatic heterocycles. The van der Waals surface area contributed by atoms with E-state index >= 15 is 0 Å². The number of pyridine rings is 1. The van der Waals surface area contributed by atoms with Crippen LogP contribution in [0.3, 0.4) is 0 Å². The van der Waals surface area contributed by atoms with Gasteiger partial charge in [-0.3, -0.25) is 10.1 Å². The lowest BCUT2D eigenvalue weighted by atomic mass is 10.2. The van der Waals surface area contributed by atoms with Crippen molar-refractivity contribution in [3.63, 3.8) is 0 Å². The molecule has 18 heavy (non-hydrogen) atoms. The fourth-order valence-corrected chi connectivity index (χ4v) is 2.20. The Balaban J connectivity index is 2.15. The molecule has 2 heterocycles. The zero-order valence-corrected chi connectivity index (χ0v) is 10.8. The molecule has 0 aliphatic rings. The first-order valence-electron chi connectivity index (χ1n) is 5.35. The zero-order valence-electron chi connectivity index (χ0n) is 9.95. The molecule has 0 aliphatic carbocycles. The molecule has 0 saturated carbocycles. The molecule has 94 valence electrons. The topological polar surface area (TPSA) is 81.0 Å². The Morgan fingerprint density at radius 2 is 2.28 bits per heavy atom. The fraction of sp³-hybridized carbons (Fsp3) is 0.273. The molecule has 7 heteroatoms. The molecule has 2 aromatic rings. The first kappa shape index (κ1) is 12.4. The zero-order chi connectivity index (χ0) is 13.1. The highest BCUT2D eigenvalue weighted by Crippen LogP contribution is 2.23. The number of anilines is 1. The maximum atomic E-state index is 10.7. The Hall–Kier alpha value is -2.02. The lowest BCUT2D eigenvalue weighted by molar-refractivity contribution is -0.385. The summed E-state index contributed by atoms with van der Waals surface area (Å²) in [4.78, 5) is 18.5. The molecule has 0 amide bonds. The van der Waals surface area contributed by atoms with E-state index in [0.717, 1.165) is 5.01 Å². The molecule has 0 spiro atoms. The molecule has 1 unspecified atom stereocenters. The Morgan fingerprint density at radius 3 is 2.83 bits per heavy atom. The second-order valence-electron chi connectivity index (χ2n) is 3.85. The van der Waals surface area contributed by atoms with E-state index in [2.05, 4.69) is 15.3 Å². The highest BCUT2D eigenvalue weighted by molar-refractivity contribution is 7.09. The number of nitro groups is 1. The molecule has 2 rings (SSSR count). The van der Waals surface area contributed by atoms with Crippen molar-refractivity contribution in [2.75, 3.05) is 5.32 Å². The Kier molecular flexibility index (Phi) is 3.52. The first-order chi connectivity index (χ1) is 8.58. The number of aromatic nitrogens is 2. The highest BCUT2D eigenvalue weighted by atomic mass is 32.1. The second-order valence-corrected chi connectivity index (χ2v) is 4.78. The van der Waals surface area contributed by atoms with E-state index in [-0.39, 0.29) is 11.7 Å². The van der Waals surface area contributed by atoms with E-state index in [1.165, 1.54) is 6.20 Å². The molecule has 0 saturated heterocycles. The van der Waals surface area contributed by atoms with Gasteiger partial charge in [-0.1, -0.05) is 0 Å². The summed E-state index contributed by atoms with van der Waals surface area (Å²) in [5, 5.41) is 16.7. The van der Waals surface area contributed by atoms with Crippen LogP contribution in [0.25, 0.3) is 0 Å². The van der Waals surface area contributed by atoms with Crippen molar-refractivity contribution < 1.29 is 4.92 Å². The van der Waals surface area contributed by atoms with Gasteiger partial charge in [0.05, 0.1) is 11.0 Å². The summed E-state index contributed by atoms with van der Waals surface area (Å²) in [7, 11) is 0. The third-order valence-corrected chi connectivity index (χ3v) is 3.42. The van der Waals surface area contributed by atoms with Gasteiger partial charge in [-0.2, -0.15) is 0 Å². The molecule has 0 bridgehead atoms. The fourth-order valence-electron chi connectivity index (χ4n) is 1.55. The molecule has 1 N–H and O–H groups in total. The number of aryl methyl sites for hydroxylation is 1. The van der Waals surface area contributed by atoms with E-state index in [4.69, 9.17) is 0 Å². The summed E-state index contributed by atoms with van der Waals surface area (Å²) in [6, 6.07) is 1.70. The van der Waals surface area contributed by atoms with Crippen molar-refractivity contribution in [1.29, 1.82) is 0 Å². The van der Waals surface area contributed by atoms with Crippen LogP contribution < -0.4 is 5.32 Å². The molecular weight excluding hydrogens is 252 g/mol. The van der Waals surface area contributed by atoms with Gasteiger partial charge in [0.25, 0.3) is 5.69 Å². The van der Waals surface area contributed by atoms with Gasteiger partial charge < -0.3 is 5.32 Å². The predicted molar refractivity (Wildman–Crippen MR) is 69.8 cm³/mol. The number of hydrogen-bond acceptors (Lipinski definition) is 6. The van der Waals surface area contributed by atoms with Gasteiger partial charge >= 0.3 is 0 Å². The molecular formula is C11H12N4O2S. The average molecular weight is 264 g/mol. The summed E-state index contributed by atoms with van der Waals surface area (Å²) in [6.07, 6.45) is 3.01. The van der Waals surface area contributed by atoms with Crippen molar-refractivity contribution in [1.82, 2.24) is 9.97 Å². The Labute approximate surface area is 108 Å². The van der Waals surface area contributed by atoms with Crippen LogP contribution in [-0.4, -0.2) is 14.9 Å². The minimum absolute atomic E-state index is 0.0263. The van der Waals surface area contributed by atoms with Crippen LogP contribution in [-0.2, 0) is 0 Å². The number of nitrogens with zero attached hydrogens (tertiary/aromatic N) is 3. The van der Waals surface area contributed by atoms with Gasteiger partial charge in [0.2, 0.25) is 0 Å². The molecule has 0 fully saturated rings. The number of hydrogen-bond donors (Lipinski definition) is 1. The van der Waals surface area contributed by atoms with Gasteiger partial charge in [0.15, 0.2) is 0 Å². The Morgan fingerprint density at radius 1 is 1.50 bits per heavy atom. The van der Waals surface area contributed by atoms with Crippen molar-refractivity contribution >= 4 is 22.8 Å². The van der Waals surface area contributed by atoms with Crippen LogP contribution in [0.2, 0.25) is 0 Å². The standard InChI is InChI=1S/C11H12N4O2S/c1-7-5-10(13-6-9(7)15(16)17)14-8(2)11-12-3-4-18-11/h3-6,8H,1-2H3,(H,13,14). The maximum Gasteiger partial charge on any atom is 0.290 e. The maximum absolute atomic E-state index is 10.7. The summed E-state index contributed by atoms with van der Waals surface area (Å²) in [5.41, 5.74) is 0.617. The van der Waals surface area contributed by atoms with Gasteiger partial charge in [0, 0.05) is 17.1 Å². The van der Waals surface area contributed by atoms with Crippen molar-refractivity contribution in [3.8, 4) is 0 Å². The third kappa shape index (κ3) is 2.62. The van der Waals surface area contributed by atoms with E-state index in [0.29, 0.717) is 11.4 Å². The van der Waals surface area contributed by atoms with Crippen LogP contribution in [0.5, 0.6) is 0 Å². The molecule has 0 aromatic carbocycles. The van der Waals surface area contributed by atoms with Crippen molar-refractivity contribution in [2.45, 2.75) is 19.9 Å². The predicted octanol–water partition coefficient (Wildman–Crippen LogP) is 2.93. The summed E-state index contributed by atoms with van der Waals surface area (Å²) < 4.78 is 0. The largest absolute Gasteiger partial charge is 0.361 e. The van der Waals surface area contributed by atoms with Crippen LogP contribution >= 0.6 is 11.3 Å². The van der Waals surface area contributed by atoms with Crippen molar-refractivity contribution in [3.05, 3.63) is 44.5 Å². The van der Waals surface area contributed by atoms with Crippen LogP contribution in [0.1, 0.15) is 23.5 Å². The van der Waals surface area contributed by atoms with Gasteiger partial charge in [0.1, 0.15) is 17.0 Å². The smallest absolute Gasteiger partial charge is 0.290 e. The van der Waals surface area contributed by atoms with E-state index in [1.807, 2.05) is 12.3 Å². The normalized spacial score (nSPS) is 12.1. The van der Waals surface area contributed by atoms with Gasteiger partial charge in [-0.15, -0.1) is 11.3 Å². The highest BCUT2D eigenvalue weighted by Gasteiger charge is 2.13. The van der Waals surface area contributed by atoms with Gasteiger partial charge in [-0.25, -0.2) is 9.97 Å². The number of nitrogens with one attached hydrogen (secondary N) is 1. The lowest BCUT2D eigenvalue weighted by Crippen LogP contribution is -2.08. The summed E-state index contributed by atoms with van der Waals surface area (Å²) in [6.45, 7) is 3.66. The SMILES string of the molecule is Cc1cc(NC(C)c2nccs2)ncc1[N+](=O)[O-]. The van der Waals surface area contributed by atoms with Gasteiger partial charge in [-0.05, 0) is 19.9 Å². The van der Waals surface area contributed by atoms with Crippen LogP contribution in [0, 0.1) is 17.0 Å². The quantitative estimate of drug-likeness (QED) is 0.678. The van der Waals surface area contributed by atoms with Crippen molar-refractivity contribution in [2.24, 2.45) is 0 Å². The lowest BCUT2D eigenvalue weighted by Gasteiger charge is -2.12. The molecule has 1 atom stereocenters. The first-order valence-corrected chi connectivity index (χ1v) is 6.23. The number of thiazole rings is 1. The van der Waals surface area contributed by atoms with Crippen LogP contribution in [0.4, 0.5) is 11.5 Å². The third-order valence-electron chi connectivity index (χ3n) is 2.47. The Bertz CT molecular complexity index is 556. The average Bonchev–Trinajstić information content (AvgIpc) is 2.81. The molecule has 6 nitrogen and oxygen atoms in total. The summed E-state index contributed by atoms with van der Waals surface area (Å²) in [5.74, 6) is 0.612. The minimum Gasteiger partial charge on any atom is -0.361 e. The van der Waals surface area contributed by atoms with E-state index in [1.54, 1.807) is 30.5 Å². The molecule has 0 radical (unpaired) electrons. The van der Waals surface area contributed by atoms with E-state index < -0.39 is 4.92 Å². The molecule has 0 aliphatic heterocycles. The summed E-state index contributed by atoms with van der Waals surface area (Å²) >= 11 is 1.55. The minimum atomic E-state index is -0.434. The van der Waals surface area contributed by atoms with Crippen LogP contribution in [0.15, 0.2) is 23.8 Å². The van der Waals surface area contributed by atoms with E-state index in [9.17, 15) is 10.1 Å². The monoisotopic (exact) mass is 264 g/mol.